The molecule has 1 amide bonds. The topological polar surface area (TPSA) is 90.9 Å². The lowest BCUT2D eigenvalue weighted by Gasteiger charge is -2.37. The molecule has 0 aromatic rings. The standard InChI is InChI=1S/C17H27NO6/c1-6-23-17(21)13-7-12(9-15(20)22-5)16(18-11(4)19)14(8-13)24-10(2)3/h8,10,12,14,16H,6-7,9H2,1-5H3,(H,18,19)/t12-,14-,16-/m1/s1/i1T. The van der Waals surface area contributed by atoms with Gasteiger partial charge >= 0.3 is 11.9 Å². The summed E-state index contributed by atoms with van der Waals surface area (Å²) in [4.78, 5) is 35.5. The quantitative estimate of drug-likeness (QED) is 0.702. The molecule has 24 heavy (non-hydrogen) atoms. The highest BCUT2D eigenvalue weighted by atomic mass is 16.5. The Balaban J connectivity index is 3.10. The molecule has 0 bridgehead atoms. The Morgan fingerprint density at radius 1 is 1.42 bits per heavy atom. The van der Waals surface area contributed by atoms with Gasteiger partial charge in [0.2, 0.25) is 5.91 Å². The van der Waals surface area contributed by atoms with E-state index in [4.69, 9.17) is 15.6 Å². The van der Waals surface area contributed by atoms with E-state index in [1.807, 2.05) is 13.8 Å². The molecule has 0 unspecified atom stereocenters. The van der Waals surface area contributed by atoms with Gasteiger partial charge in [0.05, 0.1) is 38.4 Å². The van der Waals surface area contributed by atoms with Crippen LogP contribution in [0.1, 0.15) is 41.9 Å². The first-order chi connectivity index (χ1) is 11.8. The minimum atomic E-state index is -0.564. The zero-order chi connectivity index (χ0) is 19.0. The summed E-state index contributed by atoms with van der Waals surface area (Å²) in [5.74, 6) is -1.56. The van der Waals surface area contributed by atoms with Crippen LogP contribution < -0.4 is 5.32 Å². The van der Waals surface area contributed by atoms with Crippen LogP contribution >= 0.6 is 0 Å². The number of methoxy groups -OCH3 is 1. The van der Waals surface area contributed by atoms with Crippen LogP contribution in [0.15, 0.2) is 11.6 Å². The molecule has 136 valence electrons. The maximum absolute atomic E-state index is 12.2. The van der Waals surface area contributed by atoms with E-state index in [9.17, 15) is 14.4 Å². The van der Waals surface area contributed by atoms with E-state index in [1.165, 1.54) is 14.0 Å². The van der Waals surface area contributed by atoms with Crippen molar-refractivity contribution in [3.8, 4) is 0 Å². The average molecular weight is 343 g/mol. The van der Waals surface area contributed by atoms with E-state index in [0.29, 0.717) is 5.57 Å². The fraction of sp³-hybridized carbons (Fsp3) is 0.706. The molecule has 0 spiro atoms. The lowest BCUT2D eigenvalue weighted by Crippen LogP contribution is -2.51. The SMILES string of the molecule is [3H]CCOC(=O)C1=C[C@@H](OC(C)C)[C@H](NC(C)=O)[C@@H](CC(=O)OC)C1. The van der Waals surface area contributed by atoms with Gasteiger partial charge in [-0.25, -0.2) is 4.79 Å². The molecule has 0 aliphatic heterocycles. The largest absolute Gasteiger partial charge is 0.469 e. The molecule has 1 rings (SSSR count). The smallest absolute Gasteiger partial charge is 0.333 e. The van der Waals surface area contributed by atoms with Gasteiger partial charge in [0.15, 0.2) is 0 Å². The summed E-state index contributed by atoms with van der Waals surface area (Å²) in [5.41, 5.74) is 0.384. The number of esters is 2. The molecular formula is C17H27NO6. The Hall–Kier alpha value is -1.89. The van der Waals surface area contributed by atoms with Gasteiger partial charge in [-0.15, -0.1) is 0 Å². The molecule has 0 aromatic heterocycles. The van der Waals surface area contributed by atoms with E-state index in [1.54, 1.807) is 6.08 Å². The third kappa shape index (κ3) is 5.96. The number of amides is 1. The summed E-state index contributed by atoms with van der Waals surface area (Å²) in [6.07, 6.45) is 1.24. The Morgan fingerprint density at radius 3 is 2.67 bits per heavy atom. The van der Waals surface area contributed by atoms with Gasteiger partial charge in [-0.3, -0.25) is 9.59 Å². The van der Waals surface area contributed by atoms with Gasteiger partial charge in [0.1, 0.15) is 0 Å². The summed E-state index contributed by atoms with van der Waals surface area (Å²) < 4.78 is 22.7. The molecular weight excluding hydrogens is 314 g/mol. The number of hydrogen-bond donors (Lipinski definition) is 1. The monoisotopic (exact) mass is 343 g/mol. The molecule has 0 heterocycles. The molecule has 0 saturated carbocycles. The highest BCUT2D eigenvalue weighted by Gasteiger charge is 2.38. The number of rotatable bonds is 7. The Morgan fingerprint density at radius 2 is 2.12 bits per heavy atom. The summed E-state index contributed by atoms with van der Waals surface area (Å²) in [7, 11) is 1.29. The van der Waals surface area contributed by atoms with Gasteiger partial charge in [0, 0.05) is 13.9 Å². The molecule has 0 saturated heterocycles. The molecule has 7 nitrogen and oxygen atoms in total. The normalized spacial score (nSPS) is 24.0. The van der Waals surface area contributed by atoms with Gasteiger partial charge in [-0.2, -0.15) is 0 Å². The second kappa shape index (κ2) is 9.42. The van der Waals surface area contributed by atoms with Crippen LogP contribution in [0.25, 0.3) is 0 Å². The number of carbonyl (C=O) groups excluding carboxylic acids is 3. The molecule has 0 fully saturated rings. The Bertz CT molecular complexity index is 519. The predicted octanol–water partition coefficient (Wildman–Crippen LogP) is 1.36. The van der Waals surface area contributed by atoms with Gasteiger partial charge < -0.3 is 19.5 Å². The lowest BCUT2D eigenvalue weighted by molar-refractivity contribution is -0.144. The second-order valence-corrected chi connectivity index (χ2v) is 5.95. The van der Waals surface area contributed by atoms with Crippen molar-refractivity contribution in [3.05, 3.63) is 11.6 Å². The van der Waals surface area contributed by atoms with Crippen LogP contribution in [0.4, 0.5) is 0 Å². The summed E-state index contributed by atoms with van der Waals surface area (Å²) in [6, 6.07) is -0.452. The molecule has 1 aliphatic rings. The van der Waals surface area contributed by atoms with E-state index >= 15 is 0 Å². The van der Waals surface area contributed by atoms with E-state index in [2.05, 4.69) is 5.32 Å². The highest BCUT2D eigenvalue weighted by Crippen LogP contribution is 2.31. The first kappa shape index (κ1) is 18.4. The van der Waals surface area contributed by atoms with Gasteiger partial charge in [0.25, 0.3) is 0 Å². The number of nitrogens with one attached hydrogen (secondary N) is 1. The third-order valence-corrected chi connectivity index (χ3v) is 3.66. The van der Waals surface area contributed by atoms with E-state index in [0.717, 1.165) is 0 Å². The zero-order valence-corrected chi connectivity index (χ0v) is 14.7. The van der Waals surface area contributed by atoms with Crippen LogP contribution in [-0.4, -0.2) is 49.8 Å². The molecule has 7 heteroatoms. The van der Waals surface area contributed by atoms with Crippen molar-refractivity contribution in [2.45, 2.75) is 58.8 Å². The summed E-state index contributed by atoms with van der Waals surface area (Å²) in [5, 5.41) is 2.82. The second-order valence-electron chi connectivity index (χ2n) is 5.95. The van der Waals surface area contributed by atoms with Crippen molar-refractivity contribution >= 4 is 17.8 Å². The van der Waals surface area contributed by atoms with Crippen molar-refractivity contribution in [1.82, 2.24) is 5.32 Å². The number of carbonyl (C=O) groups is 3. The zero-order valence-electron chi connectivity index (χ0n) is 15.7. The first-order valence-corrected chi connectivity index (χ1v) is 7.94. The minimum absolute atomic E-state index is 0.00265. The lowest BCUT2D eigenvalue weighted by atomic mass is 9.80. The van der Waals surface area contributed by atoms with Crippen LogP contribution in [0.2, 0.25) is 0 Å². The fourth-order valence-electron chi connectivity index (χ4n) is 2.75. The van der Waals surface area contributed by atoms with Crippen molar-refractivity contribution in [2.24, 2.45) is 5.92 Å². The number of hydrogen-bond acceptors (Lipinski definition) is 6. The maximum Gasteiger partial charge on any atom is 0.333 e. The van der Waals surface area contributed by atoms with Crippen molar-refractivity contribution in [1.29, 1.82) is 0 Å². The van der Waals surface area contributed by atoms with Crippen LogP contribution in [0.3, 0.4) is 0 Å². The maximum atomic E-state index is 12.2. The highest BCUT2D eigenvalue weighted by molar-refractivity contribution is 5.89. The molecule has 0 aromatic carbocycles. The molecule has 1 N–H and O–H groups in total. The van der Waals surface area contributed by atoms with Gasteiger partial charge in [-0.1, -0.05) is 0 Å². The van der Waals surface area contributed by atoms with Crippen molar-refractivity contribution < 1.29 is 30.0 Å². The Kier molecular flexibility index (Phi) is 7.24. The Labute approximate surface area is 144 Å². The van der Waals surface area contributed by atoms with E-state index < -0.39 is 24.1 Å². The summed E-state index contributed by atoms with van der Waals surface area (Å²) >= 11 is 0. The van der Waals surface area contributed by atoms with E-state index in [-0.39, 0.29) is 44.3 Å². The molecule has 0 radical (unpaired) electrons. The minimum Gasteiger partial charge on any atom is -0.469 e. The van der Waals surface area contributed by atoms with Crippen LogP contribution in [-0.2, 0) is 28.6 Å². The average Bonchev–Trinajstić information content (AvgIpc) is 2.54. The van der Waals surface area contributed by atoms with Crippen molar-refractivity contribution in [3.63, 3.8) is 0 Å². The summed E-state index contributed by atoms with van der Waals surface area (Å²) in [6.45, 7) is 5.07. The molecule has 1 aliphatic carbocycles. The third-order valence-electron chi connectivity index (χ3n) is 3.66. The first-order valence-electron chi connectivity index (χ1n) is 8.65. The fourth-order valence-corrected chi connectivity index (χ4v) is 2.75. The van der Waals surface area contributed by atoms with Crippen LogP contribution in [0, 0.1) is 5.92 Å². The number of ether oxygens (including phenoxy) is 3. The van der Waals surface area contributed by atoms with Crippen molar-refractivity contribution in [2.75, 3.05) is 13.7 Å². The predicted molar refractivity (Wildman–Crippen MR) is 87.1 cm³/mol. The van der Waals surface area contributed by atoms with Gasteiger partial charge in [-0.05, 0) is 39.2 Å². The van der Waals surface area contributed by atoms with Crippen LogP contribution in [0.5, 0.6) is 0 Å². The molecule has 3 atom stereocenters.